The van der Waals surface area contributed by atoms with Gasteiger partial charge >= 0.3 is 6.18 Å². The van der Waals surface area contributed by atoms with Crippen molar-refractivity contribution in [3.63, 3.8) is 0 Å². The Labute approximate surface area is 204 Å². The number of thioether (sulfide) groups is 1. The molecule has 1 aliphatic carbocycles. The third kappa shape index (κ3) is 3.98. The second-order valence-electron chi connectivity index (χ2n) is 9.30. The zero-order valence-corrected chi connectivity index (χ0v) is 20.3. The predicted molar refractivity (Wildman–Crippen MR) is 124 cm³/mol. The predicted octanol–water partition coefficient (Wildman–Crippen LogP) is 4.85. The van der Waals surface area contributed by atoms with Gasteiger partial charge < -0.3 is 14.0 Å². The first-order chi connectivity index (χ1) is 16.0. The molecule has 0 bridgehead atoms. The van der Waals surface area contributed by atoms with Crippen LogP contribution in [-0.2, 0) is 6.54 Å². The molecule has 5 rings (SSSR count). The van der Waals surface area contributed by atoms with Gasteiger partial charge in [-0.3, -0.25) is 10.2 Å². The standard InChI is InChI=1S/C23H25ClF3N5OS/c1-12-8-30(11-29-12)17-4-5-18-22(33)31(13(2)9-32(18)21(17)28)10-16-15-7-14(23(25,26)27)3-6-19(15)34-20(16)24/h4-5,8,11,13-14,16,20,28H,3,6-7,9-10H2,1-2H3. The van der Waals surface area contributed by atoms with Crippen LogP contribution in [0.2, 0.25) is 0 Å². The molecule has 2 aromatic heterocycles. The maximum atomic E-state index is 13.5. The van der Waals surface area contributed by atoms with Crippen molar-refractivity contribution in [2.24, 2.45) is 11.8 Å². The van der Waals surface area contributed by atoms with Crippen LogP contribution in [0.15, 0.2) is 35.1 Å². The van der Waals surface area contributed by atoms with Gasteiger partial charge in [0, 0.05) is 31.2 Å². The fraction of sp³-hybridized carbons (Fsp3) is 0.522. The summed E-state index contributed by atoms with van der Waals surface area (Å²) < 4.78 is 43.3. The van der Waals surface area contributed by atoms with Crippen LogP contribution in [0.3, 0.4) is 0 Å². The number of fused-ring (bicyclic) bond motifs is 1. The number of rotatable bonds is 3. The second kappa shape index (κ2) is 8.48. The Bertz CT molecular complexity index is 1240. The maximum absolute atomic E-state index is 13.5. The molecule has 0 fully saturated rings. The van der Waals surface area contributed by atoms with E-state index in [9.17, 15) is 18.0 Å². The maximum Gasteiger partial charge on any atom is 0.392 e. The van der Waals surface area contributed by atoms with Gasteiger partial charge in [0.05, 0.1) is 28.3 Å². The number of halogens is 4. The van der Waals surface area contributed by atoms with Gasteiger partial charge in [-0.05, 0) is 50.1 Å². The number of allylic oxidation sites excluding steroid dienone is 1. The Balaban J connectivity index is 1.41. The summed E-state index contributed by atoms with van der Waals surface area (Å²) in [5, 5.41) is 8.68. The zero-order chi connectivity index (χ0) is 24.4. The second-order valence-corrected chi connectivity index (χ2v) is 11.3. The zero-order valence-electron chi connectivity index (χ0n) is 18.8. The van der Waals surface area contributed by atoms with Gasteiger partial charge in [-0.25, -0.2) is 4.98 Å². The number of hydrogen-bond acceptors (Lipinski definition) is 4. The molecular formula is C23H25ClF3N5OS. The number of alkyl halides is 4. The highest BCUT2D eigenvalue weighted by Crippen LogP contribution is 2.54. The lowest BCUT2D eigenvalue weighted by molar-refractivity contribution is -0.177. The number of aromatic nitrogens is 3. The van der Waals surface area contributed by atoms with E-state index in [2.05, 4.69) is 4.98 Å². The molecule has 2 aliphatic heterocycles. The molecule has 4 atom stereocenters. The number of imidazole rings is 1. The molecule has 34 heavy (non-hydrogen) atoms. The van der Waals surface area contributed by atoms with E-state index < -0.39 is 12.1 Å². The number of aryl methyl sites for hydroxylation is 1. The number of hydrogen-bond donors (Lipinski definition) is 1. The molecule has 1 amide bonds. The van der Waals surface area contributed by atoms with Crippen molar-refractivity contribution < 1.29 is 18.0 Å². The Morgan fingerprint density at radius 1 is 1.32 bits per heavy atom. The minimum Gasteiger partial charge on any atom is -0.332 e. The molecule has 1 N–H and O–H groups in total. The van der Waals surface area contributed by atoms with Crippen molar-refractivity contribution >= 4 is 29.3 Å². The molecule has 0 aromatic carbocycles. The number of nitrogens with one attached hydrogen (secondary N) is 1. The first-order valence-corrected chi connectivity index (χ1v) is 12.6. The monoisotopic (exact) mass is 511 g/mol. The molecule has 3 aliphatic rings. The Morgan fingerprint density at radius 3 is 2.76 bits per heavy atom. The molecular weight excluding hydrogens is 487 g/mol. The summed E-state index contributed by atoms with van der Waals surface area (Å²) in [6.07, 6.45) is -0.310. The number of nitrogens with zero attached hydrogens (tertiary/aromatic N) is 4. The van der Waals surface area contributed by atoms with Gasteiger partial charge in [-0.15, -0.1) is 23.4 Å². The summed E-state index contributed by atoms with van der Waals surface area (Å²) in [6.45, 7) is 4.47. The van der Waals surface area contributed by atoms with E-state index in [4.69, 9.17) is 17.0 Å². The SMILES string of the molecule is Cc1cn(-c2ccc3n(c2=N)CC(C)N(CC2C4=C(CCC(C(F)(F)F)C4)SC2Cl)C3=O)cn1. The van der Waals surface area contributed by atoms with E-state index in [1.54, 1.807) is 32.5 Å². The molecule has 0 radical (unpaired) electrons. The van der Waals surface area contributed by atoms with Crippen LogP contribution in [0.5, 0.6) is 0 Å². The van der Waals surface area contributed by atoms with E-state index >= 15 is 0 Å². The fourth-order valence-corrected chi connectivity index (χ4v) is 7.06. The number of pyridine rings is 1. The van der Waals surface area contributed by atoms with Crippen LogP contribution < -0.4 is 5.49 Å². The minimum atomic E-state index is -4.22. The minimum absolute atomic E-state index is 0.0357. The van der Waals surface area contributed by atoms with Crippen molar-refractivity contribution in [3.05, 3.63) is 52.0 Å². The molecule has 4 heterocycles. The normalized spacial score (nSPS) is 27.2. The molecule has 0 spiro atoms. The van der Waals surface area contributed by atoms with Crippen molar-refractivity contribution in [2.45, 2.75) is 56.6 Å². The van der Waals surface area contributed by atoms with Gasteiger partial charge in [0.1, 0.15) is 11.2 Å². The quantitative estimate of drug-likeness (QED) is 0.599. The highest BCUT2D eigenvalue weighted by atomic mass is 35.5. The summed E-state index contributed by atoms with van der Waals surface area (Å²) in [5.74, 6) is -1.89. The first kappa shape index (κ1) is 23.5. The molecule has 6 nitrogen and oxygen atoms in total. The van der Waals surface area contributed by atoms with E-state index in [1.165, 1.54) is 11.8 Å². The van der Waals surface area contributed by atoms with Crippen LogP contribution in [0.1, 0.15) is 42.4 Å². The Morgan fingerprint density at radius 2 is 2.09 bits per heavy atom. The lowest BCUT2D eigenvalue weighted by Gasteiger charge is -2.38. The fourth-order valence-electron chi connectivity index (χ4n) is 5.20. The van der Waals surface area contributed by atoms with Gasteiger partial charge in [0.15, 0.2) is 0 Å². The molecule has 182 valence electrons. The van der Waals surface area contributed by atoms with E-state index in [0.29, 0.717) is 24.3 Å². The van der Waals surface area contributed by atoms with Crippen LogP contribution >= 0.6 is 23.4 Å². The first-order valence-electron chi connectivity index (χ1n) is 11.2. The van der Waals surface area contributed by atoms with Crippen LogP contribution in [0.25, 0.3) is 5.69 Å². The van der Waals surface area contributed by atoms with Crippen LogP contribution in [-0.4, -0.2) is 48.4 Å². The van der Waals surface area contributed by atoms with Crippen LogP contribution in [0.4, 0.5) is 13.2 Å². The lowest BCUT2D eigenvalue weighted by atomic mass is 9.82. The van der Waals surface area contributed by atoms with Crippen molar-refractivity contribution in [1.82, 2.24) is 19.0 Å². The molecule has 0 saturated heterocycles. The molecule has 2 aromatic rings. The largest absolute Gasteiger partial charge is 0.392 e. The van der Waals surface area contributed by atoms with Gasteiger partial charge in [-0.1, -0.05) is 5.57 Å². The van der Waals surface area contributed by atoms with E-state index in [1.807, 2.05) is 20.0 Å². The summed E-state index contributed by atoms with van der Waals surface area (Å²) >= 11 is 8.05. The van der Waals surface area contributed by atoms with E-state index in [-0.39, 0.29) is 47.5 Å². The number of amides is 1. The van der Waals surface area contributed by atoms with E-state index in [0.717, 1.165) is 16.2 Å². The molecule has 0 saturated carbocycles. The number of carbonyl (C=O) groups excluding carboxylic acids is 1. The van der Waals surface area contributed by atoms with Crippen molar-refractivity contribution in [2.75, 3.05) is 6.54 Å². The summed E-state index contributed by atoms with van der Waals surface area (Å²) in [7, 11) is 0. The summed E-state index contributed by atoms with van der Waals surface area (Å²) in [4.78, 5) is 20.4. The molecule has 4 unspecified atom stereocenters. The average Bonchev–Trinajstić information content (AvgIpc) is 3.33. The van der Waals surface area contributed by atoms with Gasteiger partial charge in [0.2, 0.25) is 0 Å². The molecule has 11 heteroatoms. The van der Waals surface area contributed by atoms with Crippen molar-refractivity contribution in [1.29, 1.82) is 5.41 Å². The highest BCUT2D eigenvalue weighted by Gasteiger charge is 2.47. The summed E-state index contributed by atoms with van der Waals surface area (Å²) in [5.41, 5.74) is 2.83. The topological polar surface area (TPSA) is 66.9 Å². The van der Waals surface area contributed by atoms with Gasteiger partial charge in [0.25, 0.3) is 5.91 Å². The van der Waals surface area contributed by atoms with Crippen LogP contribution in [0, 0.1) is 24.2 Å². The summed E-state index contributed by atoms with van der Waals surface area (Å²) in [6, 6.07) is 3.21. The number of carbonyl (C=O) groups is 1. The highest BCUT2D eigenvalue weighted by molar-refractivity contribution is 8.05. The lowest BCUT2D eigenvalue weighted by Crippen LogP contribution is -2.52. The Kier molecular flexibility index (Phi) is 5.87. The van der Waals surface area contributed by atoms with Gasteiger partial charge in [-0.2, -0.15) is 13.2 Å². The third-order valence-corrected chi connectivity index (χ3v) is 8.95. The third-order valence-electron chi connectivity index (χ3n) is 7.07. The average molecular weight is 512 g/mol. The smallest absolute Gasteiger partial charge is 0.332 e. The Hall–Kier alpha value is -2.20. The van der Waals surface area contributed by atoms with Crippen molar-refractivity contribution in [3.8, 4) is 5.69 Å².